The van der Waals surface area contributed by atoms with Gasteiger partial charge in [-0.05, 0) is 36.8 Å². The number of thiazole rings is 1. The second kappa shape index (κ2) is 7.18. The van der Waals surface area contributed by atoms with Gasteiger partial charge < -0.3 is 15.7 Å². The Morgan fingerprint density at radius 3 is 2.82 bits per heavy atom. The number of aromatic hydroxyl groups is 1. The Labute approximate surface area is 165 Å². The summed E-state index contributed by atoms with van der Waals surface area (Å²) in [5.41, 5.74) is 4.53. The molecule has 1 aliphatic heterocycles. The second-order valence-corrected chi connectivity index (χ2v) is 7.25. The number of nitriles is 1. The van der Waals surface area contributed by atoms with Crippen molar-refractivity contribution in [1.82, 2.24) is 15.6 Å². The molecular formula is C21H16N4O2S. The smallest absolute Gasteiger partial charge is 0.319 e. The number of phenols is 1. The van der Waals surface area contributed by atoms with Crippen LogP contribution < -0.4 is 10.6 Å². The van der Waals surface area contributed by atoms with E-state index in [9.17, 15) is 9.90 Å². The number of carbonyl (C=O) groups is 1. The van der Waals surface area contributed by atoms with Crippen molar-refractivity contribution < 1.29 is 9.90 Å². The van der Waals surface area contributed by atoms with Crippen molar-refractivity contribution in [1.29, 1.82) is 5.26 Å². The van der Waals surface area contributed by atoms with Crippen LogP contribution in [0.25, 0.3) is 16.8 Å². The summed E-state index contributed by atoms with van der Waals surface area (Å²) in [6, 6.07) is 15.5. The fourth-order valence-corrected chi connectivity index (χ4v) is 4.17. The zero-order valence-electron chi connectivity index (χ0n) is 14.9. The minimum absolute atomic E-state index is 0.135. The van der Waals surface area contributed by atoms with Crippen LogP contribution in [0.2, 0.25) is 0 Å². The number of benzene rings is 2. The Morgan fingerprint density at radius 2 is 2.04 bits per heavy atom. The third-order valence-electron chi connectivity index (χ3n) is 4.49. The maximum absolute atomic E-state index is 12.0. The first-order chi connectivity index (χ1) is 13.5. The predicted molar refractivity (Wildman–Crippen MR) is 107 cm³/mol. The molecule has 3 N–H and O–H groups in total. The van der Waals surface area contributed by atoms with E-state index in [0.717, 1.165) is 27.4 Å². The van der Waals surface area contributed by atoms with Gasteiger partial charge in [-0.15, -0.1) is 11.3 Å². The number of nitrogens with zero attached hydrogens (tertiary/aromatic N) is 2. The molecule has 3 aromatic rings. The van der Waals surface area contributed by atoms with E-state index >= 15 is 0 Å². The Balaban J connectivity index is 1.77. The first-order valence-corrected chi connectivity index (χ1v) is 9.47. The molecule has 7 heteroatoms. The van der Waals surface area contributed by atoms with E-state index < -0.39 is 6.04 Å². The van der Waals surface area contributed by atoms with E-state index in [1.54, 1.807) is 30.3 Å². The Bertz CT molecular complexity index is 1140. The molecule has 0 fully saturated rings. The molecule has 2 heterocycles. The van der Waals surface area contributed by atoms with Gasteiger partial charge in [0.2, 0.25) is 0 Å². The number of aromatic nitrogens is 1. The molecular weight excluding hydrogens is 372 g/mol. The minimum Gasteiger partial charge on any atom is -0.508 e. The number of nitrogens with one attached hydrogen (secondary N) is 2. The lowest BCUT2D eigenvalue weighted by Crippen LogP contribution is -2.42. The molecule has 0 saturated carbocycles. The molecule has 138 valence electrons. The van der Waals surface area contributed by atoms with E-state index in [2.05, 4.69) is 16.7 Å². The van der Waals surface area contributed by atoms with Crippen LogP contribution in [0.15, 0.2) is 59.6 Å². The van der Waals surface area contributed by atoms with Gasteiger partial charge in [-0.1, -0.05) is 24.3 Å². The summed E-state index contributed by atoms with van der Waals surface area (Å²) < 4.78 is 0. The highest BCUT2D eigenvalue weighted by molar-refractivity contribution is 7.11. The summed E-state index contributed by atoms with van der Waals surface area (Å²) in [5.74, 6) is 0.135. The van der Waals surface area contributed by atoms with Crippen LogP contribution in [-0.4, -0.2) is 16.1 Å². The van der Waals surface area contributed by atoms with Crippen LogP contribution in [0.4, 0.5) is 4.79 Å². The molecule has 0 saturated heterocycles. The highest BCUT2D eigenvalue weighted by atomic mass is 32.1. The fourth-order valence-electron chi connectivity index (χ4n) is 3.21. The van der Waals surface area contributed by atoms with E-state index in [1.807, 2.05) is 30.5 Å². The highest BCUT2D eigenvalue weighted by Gasteiger charge is 2.29. The molecule has 0 spiro atoms. The molecule has 1 aliphatic rings. The Morgan fingerprint density at radius 1 is 1.21 bits per heavy atom. The average Bonchev–Trinajstić information content (AvgIpc) is 3.17. The number of rotatable bonds is 3. The maximum Gasteiger partial charge on any atom is 0.319 e. The molecule has 1 aromatic heterocycles. The van der Waals surface area contributed by atoms with Crippen molar-refractivity contribution in [3.63, 3.8) is 0 Å². The van der Waals surface area contributed by atoms with Crippen LogP contribution >= 0.6 is 11.3 Å². The number of phenolic OH excluding ortho intramolecular Hbond substituents is 1. The van der Waals surface area contributed by atoms with Crippen LogP contribution in [0, 0.1) is 11.3 Å². The van der Waals surface area contributed by atoms with Crippen molar-refractivity contribution >= 4 is 22.9 Å². The number of carbonyl (C=O) groups excluding carboxylic acids is 1. The lowest BCUT2D eigenvalue weighted by Gasteiger charge is -2.28. The van der Waals surface area contributed by atoms with Crippen LogP contribution in [0.3, 0.4) is 0 Å². The van der Waals surface area contributed by atoms with Crippen LogP contribution in [0.1, 0.15) is 29.1 Å². The molecule has 0 aliphatic carbocycles. The van der Waals surface area contributed by atoms with E-state index in [1.165, 1.54) is 11.3 Å². The van der Waals surface area contributed by atoms with Gasteiger partial charge in [-0.2, -0.15) is 5.26 Å². The first kappa shape index (κ1) is 17.8. The summed E-state index contributed by atoms with van der Waals surface area (Å²) in [4.78, 5) is 16.8. The molecule has 28 heavy (non-hydrogen) atoms. The molecule has 0 bridgehead atoms. The molecule has 6 nitrogen and oxygen atoms in total. The van der Waals surface area contributed by atoms with E-state index in [0.29, 0.717) is 11.3 Å². The molecule has 2 amide bonds. The lowest BCUT2D eigenvalue weighted by molar-refractivity contribution is 0.240. The van der Waals surface area contributed by atoms with Crippen molar-refractivity contribution in [2.45, 2.75) is 13.0 Å². The first-order valence-electron chi connectivity index (χ1n) is 8.59. The van der Waals surface area contributed by atoms with Crippen molar-refractivity contribution in [2.75, 3.05) is 0 Å². The number of hydrogen-bond acceptors (Lipinski definition) is 5. The molecule has 2 aromatic carbocycles. The van der Waals surface area contributed by atoms with E-state index in [-0.39, 0.29) is 11.8 Å². The lowest BCUT2D eigenvalue weighted by atomic mass is 9.96. The van der Waals surface area contributed by atoms with Crippen LogP contribution in [-0.2, 0) is 0 Å². The number of urea groups is 1. The molecule has 4 rings (SSSR count). The quantitative estimate of drug-likeness (QED) is 0.627. The summed E-state index contributed by atoms with van der Waals surface area (Å²) in [5, 5.41) is 27.4. The molecule has 1 atom stereocenters. The highest BCUT2D eigenvalue weighted by Crippen LogP contribution is 2.38. The van der Waals surface area contributed by atoms with Crippen LogP contribution in [0.5, 0.6) is 5.75 Å². The predicted octanol–water partition coefficient (Wildman–Crippen LogP) is 4.17. The van der Waals surface area contributed by atoms with Gasteiger partial charge in [0.1, 0.15) is 10.8 Å². The van der Waals surface area contributed by atoms with E-state index in [4.69, 9.17) is 10.2 Å². The minimum atomic E-state index is -0.426. The molecule has 1 unspecified atom stereocenters. The summed E-state index contributed by atoms with van der Waals surface area (Å²) >= 11 is 1.47. The summed E-state index contributed by atoms with van der Waals surface area (Å²) in [6.07, 6.45) is 0. The number of amides is 2. The van der Waals surface area contributed by atoms with Crippen molar-refractivity contribution in [3.8, 4) is 23.1 Å². The standard InChI is InChI=1S/C21H16N4O2S/c1-12-18(19(25-21(27)23-12)15-6-3-7-16(26)9-15)20-24-17(11-28-20)14-5-2-4-13(8-14)10-22/h2-9,11,19,26H,1H3,(H2,23,25,27). The second-order valence-electron chi connectivity index (χ2n) is 6.40. The Hall–Kier alpha value is -3.63. The van der Waals surface area contributed by atoms with Gasteiger partial charge in [-0.25, -0.2) is 9.78 Å². The zero-order chi connectivity index (χ0) is 19.7. The maximum atomic E-state index is 12.0. The average molecular weight is 388 g/mol. The largest absolute Gasteiger partial charge is 0.508 e. The normalized spacial score (nSPS) is 16.3. The third-order valence-corrected chi connectivity index (χ3v) is 5.37. The summed E-state index contributed by atoms with van der Waals surface area (Å²) in [6.45, 7) is 1.83. The van der Waals surface area contributed by atoms with Gasteiger partial charge in [0, 0.05) is 22.2 Å². The van der Waals surface area contributed by atoms with Gasteiger partial charge in [0.25, 0.3) is 0 Å². The monoisotopic (exact) mass is 388 g/mol. The SMILES string of the molecule is CC1=C(c2nc(-c3cccc(C#N)c3)cs2)C(c2cccc(O)c2)NC(=O)N1. The van der Waals surface area contributed by atoms with Crippen molar-refractivity contribution in [2.24, 2.45) is 0 Å². The number of allylic oxidation sites excluding steroid dienone is 1. The van der Waals surface area contributed by atoms with Crippen molar-refractivity contribution in [3.05, 3.63) is 75.7 Å². The zero-order valence-corrected chi connectivity index (χ0v) is 15.7. The topological polar surface area (TPSA) is 98.0 Å². The fraction of sp³-hybridized carbons (Fsp3) is 0.0952. The van der Waals surface area contributed by atoms with Gasteiger partial charge in [0.05, 0.1) is 23.4 Å². The van der Waals surface area contributed by atoms with Gasteiger partial charge in [-0.3, -0.25) is 0 Å². The van der Waals surface area contributed by atoms with Gasteiger partial charge in [0.15, 0.2) is 0 Å². The number of hydrogen-bond donors (Lipinski definition) is 3. The third kappa shape index (κ3) is 3.33. The summed E-state index contributed by atoms with van der Waals surface area (Å²) in [7, 11) is 0. The molecule has 0 radical (unpaired) electrons. The van der Waals surface area contributed by atoms with Gasteiger partial charge >= 0.3 is 6.03 Å². The Kier molecular flexibility index (Phi) is 4.55.